The second-order valence-electron chi connectivity index (χ2n) is 6.38. The van der Waals surface area contributed by atoms with Crippen LogP contribution >= 0.6 is 23.2 Å². The summed E-state index contributed by atoms with van der Waals surface area (Å²) in [6.45, 7) is 0. The SMILES string of the molecule is Clc1cccc(C2ONc3c2c(-c2ccccc2)nc2ccccc32)c1Cl. The third-order valence-electron chi connectivity index (χ3n) is 4.78. The molecule has 1 unspecified atom stereocenters. The Labute approximate surface area is 166 Å². The molecule has 1 aromatic heterocycles. The fourth-order valence-electron chi connectivity index (χ4n) is 3.53. The first kappa shape index (κ1) is 16.6. The predicted molar refractivity (Wildman–Crippen MR) is 110 cm³/mol. The molecule has 5 heteroatoms. The minimum Gasteiger partial charge on any atom is -0.265 e. The summed E-state index contributed by atoms with van der Waals surface area (Å²) in [5, 5.41) is 2.00. The summed E-state index contributed by atoms with van der Waals surface area (Å²) >= 11 is 12.7. The van der Waals surface area contributed by atoms with Crippen molar-refractivity contribution in [1.82, 2.24) is 4.98 Å². The molecular formula is C22H14Cl2N2O. The standard InChI is InChI=1S/C22H14Cl2N2O/c23-16-11-6-10-15(19(16)24)22-18-20(13-7-2-1-3-8-13)25-17-12-5-4-9-14(17)21(18)26-27-22/h1-12,22,26H. The van der Waals surface area contributed by atoms with Gasteiger partial charge in [-0.1, -0.05) is 83.9 Å². The molecule has 1 aliphatic rings. The van der Waals surface area contributed by atoms with E-state index in [4.69, 9.17) is 33.0 Å². The molecule has 0 aliphatic carbocycles. The Morgan fingerprint density at radius 1 is 0.852 bits per heavy atom. The molecule has 3 nitrogen and oxygen atoms in total. The van der Waals surface area contributed by atoms with Gasteiger partial charge in [-0.25, -0.2) is 4.98 Å². The van der Waals surface area contributed by atoms with E-state index in [0.717, 1.165) is 39.0 Å². The molecule has 0 saturated carbocycles. The van der Waals surface area contributed by atoms with Gasteiger partial charge in [0, 0.05) is 22.1 Å². The van der Waals surface area contributed by atoms with Crippen molar-refractivity contribution < 1.29 is 4.84 Å². The van der Waals surface area contributed by atoms with Gasteiger partial charge in [-0.2, -0.15) is 0 Å². The van der Waals surface area contributed by atoms with Crippen LogP contribution < -0.4 is 5.48 Å². The van der Waals surface area contributed by atoms with Crippen LogP contribution in [-0.2, 0) is 4.84 Å². The lowest BCUT2D eigenvalue weighted by atomic mass is 9.94. The molecule has 132 valence electrons. The van der Waals surface area contributed by atoms with Crippen molar-refractivity contribution in [2.75, 3.05) is 5.48 Å². The molecule has 4 aromatic rings. The number of nitrogens with one attached hydrogen (secondary N) is 1. The van der Waals surface area contributed by atoms with Crippen molar-refractivity contribution >= 4 is 39.8 Å². The van der Waals surface area contributed by atoms with Crippen LogP contribution in [0.1, 0.15) is 17.2 Å². The lowest BCUT2D eigenvalue weighted by Crippen LogP contribution is -2.03. The Morgan fingerprint density at radius 2 is 1.63 bits per heavy atom. The minimum absolute atomic E-state index is 0.404. The summed E-state index contributed by atoms with van der Waals surface area (Å²) in [7, 11) is 0. The van der Waals surface area contributed by atoms with Crippen LogP contribution in [0.25, 0.3) is 22.2 Å². The van der Waals surface area contributed by atoms with Crippen molar-refractivity contribution in [2.24, 2.45) is 0 Å². The zero-order valence-electron chi connectivity index (χ0n) is 14.1. The molecule has 3 aromatic carbocycles. The number of hydrogen-bond acceptors (Lipinski definition) is 3. The monoisotopic (exact) mass is 392 g/mol. The summed E-state index contributed by atoms with van der Waals surface area (Å²) in [5.74, 6) is 0. The average molecular weight is 393 g/mol. The molecule has 2 heterocycles. The van der Waals surface area contributed by atoms with Crippen LogP contribution in [0, 0.1) is 0 Å². The second-order valence-corrected chi connectivity index (χ2v) is 7.16. The van der Waals surface area contributed by atoms with E-state index in [0.29, 0.717) is 10.0 Å². The zero-order valence-corrected chi connectivity index (χ0v) is 15.6. The van der Waals surface area contributed by atoms with E-state index in [9.17, 15) is 0 Å². The number of hydrogen-bond donors (Lipinski definition) is 1. The largest absolute Gasteiger partial charge is 0.265 e. The molecule has 0 fully saturated rings. The molecule has 1 atom stereocenters. The van der Waals surface area contributed by atoms with E-state index in [1.54, 1.807) is 6.07 Å². The first-order valence-electron chi connectivity index (χ1n) is 8.57. The number of halogens is 2. The van der Waals surface area contributed by atoms with Gasteiger partial charge in [0.05, 0.1) is 26.9 Å². The molecule has 0 saturated heterocycles. The van der Waals surface area contributed by atoms with Crippen molar-refractivity contribution in [2.45, 2.75) is 6.10 Å². The third-order valence-corrected chi connectivity index (χ3v) is 5.62. The molecule has 0 amide bonds. The lowest BCUT2D eigenvalue weighted by Gasteiger charge is -2.16. The van der Waals surface area contributed by atoms with Gasteiger partial charge in [0.25, 0.3) is 0 Å². The number of para-hydroxylation sites is 1. The maximum Gasteiger partial charge on any atom is 0.141 e. The molecular weight excluding hydrogens is 379 g/mol. The van der Waals surface area contributed by atoms with Crippen LogP contribution in [-0.4, -0.2) is 4.98 Å². The topological polar surface area (TPSA) is 34.1 Å². The highest BCUT2D eigenvalue weighted by Gasteiger charge is 2.33. The highest BCUT2D eigenvalue weighted by molar-refractivity contribution is 6.42. The summed E-state index contributed by atoms with van der Waals surface area (Å²) in [4.78, 5) is 10.9. The number of nitrogens with zero attached hydrogens (tertiary/aromatic N) is 1. The Kier molecular flexibility index (Phi) is 4.01. The number of anilines is 1. The van der Waals surface area contributed by atoms with Gasteiger partial charge in [-0.05, 0) is 12.1 Å². The fraction of sp³-hybridized carbons (Fsp3) is 0.0455. The summed E-state index contributed by atoms with van der Waals surface area (Å²) in [5.41, 5.74) is 8.60. The van der Waals surface area contributed by atoms with Crippen LogP contribution in [0.4, 0.5) is 5.69 Å². The maximum atomic E-state index is 6.50. The maximum absolute atomic E-state index is 6.50. The quantitative estimate of drug-likeness (QED) is 0.414. The highest BCUT2D eigenvalue weighted by Crippen LogP contribution is 2.47. The zero-order chi connectivity index (χ0) is 18.4. The Balaban J connectivity index is 1.82. The second kappa shape index (κ2) is 6.54. The third kappa shape index (κ3) is 2.67. The normalized spacial score (nSPS) is 15.6. The number of pyridine rings is 1. The molecule has 5 rings (SSSR count). The molecule has 1 aliphatic heterocycles. The highest BCUT2D eigenvalue weighted by atomic mass is 35.5. The molecule has 0 bridgehead atoms. The van der Waals surface area contributed by atoms with Crippen LogP contribution in [0.2, 0.25) is 10.0 Å². The smallest absolute Gasteiger partial charge is 0.141 e. The summed E-state index contributed by atoms with van der Waals surface area (Å²) in [6.07, 6.45) is -0.404. The summed E-state index contributed by atoms with van der Waals surface area (Å²) < 4.78 is 0. The number of aromatic nitrogens is 1. The number of fused-ring (bicyclic) bond motifs is 3. The van der Waals surface area contributed by atoms with E-state index in [1.807, 2.05) is 66.7 Å². The average Bonchev–Trinajstić information content (AvgIpc) is 3.15. The predicted octanol–water partition coefficient (Wildman–Crippen LogP) is 6.66. The Morgan fingerprint density at radius 3 is 2.48 bits per heavy atom. The molecule has 27 heavy (non-hydrogen) atoms. The van der Waals surface area contributed by atoms with Crippen molar-refractivity contribution in [1.29, 1.82) is 0 Å². The summed E-state index contributed by atoms with van der Waals surface area (Å²) in [6, 6.07) is 23.7. The van der Waals surface area contributed by atoms with Crippen molar-refractivity contribution in [3.63, 3.8) is 0 Å². The van der Waals surface area contributed by atoms with Crippen LogP contribution in [0.3, 0.4) is 0 Å². The van der Waals surface area contributed by atoms with Gasteiger partial charge < -0.3 is 0 Å². The van der Waals surface area contributed by atoms with Crippen molar-refractivity contribution in [3.8, 4) is 11.3 Å². The van der Waals surface area contributed by atoms with E-state index < -0.39 is 6.10 Å². The van der Waals surface area contributed by atoms with Crippen LogP contribution in [0.5, 0.6) is 0 Å². The molecule has 0 radical (unpaired) electrons. The first-order valence-corrected chi connectivity index (χ1v) is 9.33. The van der Waals surface area contributed by atoms with E-state index in [-0.39, 0.29) is 0 Å². The van der Waals surface area contributed by atoms with Gasteiger partial charge in [0.15, 0.2) is 0 Å². The van der Waals surface area contributed by atoms with E-state index in [1.165, 1.54) is 0 Å². The van der Waals surface area contributed by atoms with Crippen molar-refractivity contribution in [3.05, 3.63) is 94.0 Å². The molecule has 0 spiro atoms. The van der Waals surface area contributed by atoms with Gasteiger partial charge in [-0.3, -0.25) is 10.3 Å². The van der Waals surface area contributed by atoms with Gasteiger partial charge in [-0.15, -0.1) is 0 Å². The Hall–Kier alpha value is -2.59. The molecule has 1 N–H and O–H groups in total. The van der Waals surface area contributed by atoms with Gasteiger partial charge in [0.1, 0.15) is 6.10 Å². The Bertz CT molecular complexity index is 1160. The number of benzene rings is 3. The lowest BCUT2D eigenvalue weighted by molar-refractivity contribution is 0.155. The fourth-order valence-corrected chi connectivity index (χ4v) is 3.93. The van der Waals surface area contributed by atoms with E-state index in [2.05, 4.69) is 5.48 Å². The minimum atomic E-state index is -0.404. The first-order chi connectivity index (χ1) is 13.2. The number of rotatable bonds is 2. The van der Waals surface area contributed by atoms with Gasteiger partial charge >= 0.3 is 0 Å². The van der Waals surface area contributed by atoms with Gasteiger partial charge in [0.2, 0.25) is 0 Å². The van der Waals surface area contributed by atoms with Crippen LogP contribution in [0.15, 0.2) is 72.8 Å². The van der Waals surface area contributed by atoms with E-state index >= 15 is 0 Å².